The van der Waals surface area contributed by atoms with Crippen molar-refractivity contribution in [1.29, 1.82) is 0 Å². The molecule has 1 N–H and O–H groups in total. The number of rotatable bonds is 5. The fourth-order valence-electron chi connectivity index (χ4n) is 3.22. The molecule has 2 aromatic rings. The Morgan fingerprint density at radius 1 is 1.36 bits per heavy atom. The maximum absolute atomic E-state index is 12.7. The van der Waals surface area contributed by atoms with Crippen molar-refractivity contribution in [2.24, 2.45) is 5.92 Å². The van der Waals surface area contributed by atoms with E-state index in [9.17, 15) is 9.59 Å². The van der Waals surface area contributed by atoms with Crippen molar-refractivity contribution in [3.05, 3.63) is 51.2 Å². The molecule has 0 saturated carbocycles. The molecule has 150 valence electrons. The van der Waals surface area contributed by atoms with Gasteiger partial charge in [-0.3, -0.25) is 9.59 Å². The van der Waals surface area contributed by atoms with Crippen molar-refractivity contribution in [1.82, 2.24) is 19.8 Å². The summed E-state index contributed by atoms with van der Waals surface area (Å²) in [7, 11) is 0. The van der Waals surface area contributed by atoms with E-state index < -0.39 is 0 Å². The summed E-state index contributed by atoms with van der Waals surface area (Å²) in [6.07, 6.45) is 1.72. The van der Waals surface area contributed by atoms with Gasteiger partial charge in [-0.1, -0.05) is 23.7 Å². The predicted octanol–water partition coefficient (Wildman–Crippen LogP) is 4.82. The lowest BCUT2D eigenvalue weighted by Gasteiger charge is -2.31. The van der Waals surface area contributed by atoms with E-state index in [1.54, 1.807) is 15.4 Å². The quantitative estimate of drug-likeness (QED) is 0.397. The third kappa shape index (κ3) is 5.26. The molecule has 1 aromatic carbocycles. The van der Waals surface area contributed by atoms with Gasteiger partial charge in [-0.2, -0.15) is 5.10 Å². The molecule has 0 spiro atoms. The van der Waals surface area contributed by atoms with Crippen molar-refractivity contribution >= 4 is 67.8 Å². The van der Waals surface area contributed by atoms with Crippen LogP contribution < -0.4 is 5.32 Å². The van der Waals surface area contributed by atoms with E-state index in [2.05, 4.69) is 48.4 Å². The SMILES string of the molecule is CC(NC(=O)C1CCN(C(=O)c2cc(Br)n(PI)n2)CC1)c1cccc(Cl)c1. The molecule has 1 aromatic heterocycles. The molecule has 2 heterocycles. The number of carbonyl (C=O) groups excluding carboxylic acids is 2. The third-order valence-corrected chi connectivity index (χ3v) is 7.82. The number of amides is 2. The summed E-state index contributed by atoms with van der Waals surface area (Å²) in [5, 5.41) is 8.05. The van der Waals surface area contributed by atoms with Crippen molar-refractivity contribution in [3.8, 4) is 0 Å². The summed E-state index contributed by atoms with van der Waals surface area (Å²) in [6, 6.07) is 9.14. The first kappa shape index (κ1) is 22.0. The molecular weight excluding hydrogens is 577 g/mol. The number of hydrogen-bond donors (Lipinski definition) is 1. The highest BCUT2D eigenvalue weighted by Crippen LogP contribution is 2.29. The molecule has 28 heavy (non-hydrogen) atoms. The lowest BCUT2D eigenvalue weighted by Crippen LogP contribution is -2.43. The smallest absolute Gasteiger partial charge is 0.274 e. The Balaban J connectivity index is 1.54. The Morgan fingerprint density at radius 3 is 2.68 bits per heavy atom. The maximum atomic E-state index is 12.7. The van der Waals surface area contributed by atoms with Crippen LogP contribution in [0.25, 0.3) is 0 Å². The largest absolute Gasteiger partial charge is 0.349 e. The number of nitrogens with one attached hydrogen (secondary N) is 1. The lowest BCUT2D eigenvalue weighted by atomic mass is 9.95. The Bertz CT molecular complexity index is 873. The highest BCUT2D eigenvalue weighted by Gasteiger charge is 2.29. The Kier molecular flexibility index (Phi) is 7.75. The number of aromatic nitrogens is 2. The van der Waals surface area contributed by atoms with Crippen LogP contribution >= 0.6 is 55.9 Å². The van der Waals surface area contributed by atoms with Gasteiger partial charge in [0.25, 0.3) is 5.91 Å². The molecule has 2 amide bonds. The number of benzene rings is 1. The Hall–Kier alpha value is -0.700. The summed E-state index contributed by atoms with van der Waals surface area (Å²) in [5.74, 6) is -0.149. The lowest BCUT2D eigenvalue weighted by molar-refractivity contribution is -0.127. The van der Waals surface area contributed by atoms with Crippen molar-refractivity contribution in [3.63, 3.8) is 0 Å². The van der Waals surface area contributed by atoms with E-state index in [0.717, 1.165) is 10.2 Å². The fraction of sp³-hybridized carbons (Fsp3) is 0.389. The van der Waals surface area contributed by atoms with Crippen molar-refractivity contribution < 1.29 is 9.59 Å². The average molecular weight is 598 g/mol. The van der Waals surface area contributed by atoms with Crippen LogP contribution in [-0.2, 0) is 4.79 Å². The first-order valence-corrected chi connectivity index (χ1v) is 14.1. The van der Waals surface area contributed by atoms with Crippen molar-refractivity contribution in [2.45, 2.75) is 25.8 Å². The van der Waals surface area contributed by atoms with E-state index in [1.807, 2.05) is 31.2 Å². The van der Waals surface area contributed by atoms with Gasteiger partial charge < -0.3 is 10.2 Å². The summed E-state index contributed by atoms with van der Waals surface area (Å²) in [4.78, 5) is 27.1. The van der Waals surface area contributed by atoms with E-state index in [4.69, 9.17) is 11.6 Å². The minimum atomic E-state index is -0.110. The highest BCUT2D eigenvalue weighted by molar-refractivity contribution is 14.2. The second kappa shape index (κ2) is 9.87. The molecule has 1 saturated heterocycles. The zero-order chi connectivity index (χ0) is 20.3. The molecule has 10 heteroatoms. The highest BCUT2D eigenvalue weighted by atomic mass is 127. The van der Waals surface area contributed by atoms with Gasteiger partial charge >= 0.3 is 0 Å². The van der Waals surface area contributed by atoms with Gasteiger partial charge in [0.1, 0.15) is 4.60 Å². The van der Waals surface area contributed by atoms with E-state index in [1.165, 1.54) is 0 Å². The fourth-order valence-corrected chi connectivity index (χ4v) is 6.37. The van der Waals surface area contributed by atoms with Gasteiger partial charge in [-0.25, -0.2) is 4.45 Å². The Morgan fingerprint density at radius 2 is 2.07 bits per heavy atom. The number of likely N-dealkylation sites (tertiary alicyclic amines) is 1. The number of piperidine rings is 1. The molecule has 1 fully saturated rings. The molecule has 1 aliphatic heterocycles. The molecule has 0 radical (unpaired) electrons. The van der Waals surface area contributed by atoms with Gasteiger partial charge in [0.2, 0.25) is 5.91 Å². The Labute approximate surface area is 192 Å². The van der Waals surface area contributed by atoms with E-state index in [0.29, 0.717) is 43.0 Å². The molecule has 0 aliphatic carbocycles. The molecule has 2 atom stereocenters. The molecule has 3 rings (SSSR count). The molecule has 6 nitrogen and oxygen atoms in total. The summed E-state index contributed by atoms with van der Waals surface area (Å²) < 4.78 is 2.55. The zero-order valence-corrected chi connectivity index (χ0v) is 20.7. The molecular formula is C18H20BrClIN4O2P. The van der Waals surface area contributed by atoms with E-state index >= 15 is 0 Å². The molecule has 0 bridgehead atoms. The monoisotopic (exact) mass is 596 g/mol. The minimum Gasteiger partial charge on any atom is -0.349 e. The molecule has 2 unspecified atom stereocenters. The zero-order valence-electron chi connectivity index (χ0n) is 15.2. The van der Waals surface area contributed by atoms with Crippen LogP contribution in [0.1, 0.15) is 41.9 Å². The van der Waals surface area contributed by atoms with Crippen molar-refractivity contribution in [2.75, 3.05) is 13.1 Å². The van der Waals surface area contributed by atoms with Gasteiger partial charge in [-0.15, -0.1) is 0 Å². The third-order valence-electron chi connectivity index (χ3n) is 4.83. The maximum Gasteiger partial charge on any atom is 0.274 e. The normalized spacial score (nSPS) is 16.5. The van der Waals surface area contributed by atoms with Gasteiger partial charge in [0.15, 0.2) is 5.69 Å². The van der Waals surface area contributed by atoms with Gasteiger partial charge in [0.05, 0.1) is 12.4 Å². The van der Waals surface area contributed by atoms with Gasteiger partial charge in [0, 0.05) is 30.1 Å². The average Bonchev–Trinajstić information content (AvgIpc) is 3.08. The first-order chi connectivity index (χ1) is 13.4. The minimum absolute atomic E-state index is 0.0257. The van der Waals surface area contributed by atoms with Crippen LogP contribution in [-0.4, -0.2) is 39.4 Å². The summed E-state index contributed by atoms with van der Waals surface area (Å²) in [6.45, 7) is 3.06. The van der Waals surface area contributed by atoms with Crippen LogP contribution in [0.3, 0.4) is 0 Å². The summed E-state index contributed by atoms with van der Waals surface area (Å²) in [5.41, 5.74) is 1.42. The van der Waals surface area contributed by atoms with Crippen LogP contribution in [0.2, 0.25) is 5.02 Å². The molecule has 1 aliphatic rings. The van der Waals surface area contributed by atoms with Crippen LogP contribution in [0.15, 0.2) is 34.9 Å². The standard InChI is InChI=1S/C18H20BrClIN4O2P/c1-11(13-3-2-4-14(20)9-13)22-17(26)12-5-7-24(8-6-12)18(27)15-10-16(19)25(23-15)28-21/h2-4,9-12,28H,5-8H2,1H3,(H,22,26). The number of hydrogen-bond acceptors (Lipinski definition) is 3. The number of halogens is 3. The van der Waals surface area contributed by atoms with Crippen LogP contribution in [0, 0.1) is 5.92 Å². The van der Waals surface area contributed by atoms with Crippen LogP contribution in [0.5, 0.6) is 0 Å². The number of carbonyl (C=O) groups is 2. The van der Waals surface area contributed by atoms with E-state index in [-0.39, 0.29) is 23.8 Å². The number of nitrogens with zero attached hydrogens (tertiary/aromatic N) is 3. The van der Waals surface area contributed by atoms with Gasteiger partial charge in [-0.05, 0) is 75.4 Å². The van der Waals surface area contributed by atoms with Crippen LogP contribution in [0.4, 0.5) is 0 Å². The first-order valence-electron chi connectivity index (χ1n) is 8.86. The second-order valence-electron chi connectivity index (χ2n) is 6.70. The topological polar surface area (TPSA) is 67.2 Å². The summed E-state index contributed by atoms with van der Waals surface area (Å²) >= 11 is 11.7. The predicted molar refractivity (Wildman–Crippen MR) is 124 cm³/mol. The second-order valence-corrected chi connectivity index (χ2v) is 9.99.